The van der Waals surface area contributed by atoms with E-state index in [1.807, 2.05) is 15.9 Å². The molecule has 4 rings (SSSR count). The van der Waals surface area contributed by atoms with E-state index in [9.17, 15) is 14.0 Å². The Morgan fingerprint density at radius 1 is 1.12 bits per heavy atom. The fourth-order valence-electron chi connectivity index (χ4n) is 3.49. The number of nitrogens with one attached hydrogen (secondary N) is 1. The van der Waals surface area contributed by atoms with Crippen molar-refractivity contribution in [1.29, 1.82) is 0 Å². The van der Waals surface area contributed by atoms with Crippen molar-refractivity contribution in [1.82, 2.24) is 15.1 Å². The van der Waals surface area contributed by atoms with Gasteiger partial charge in [0.2, 0.25) is 5.91 Å². The number of benzene rings is 1. The molecule has 7 heteroatoms. The molecule has 0 spiro atoms. The van der Waals surface area contributed by atoms with Crippen LogP contribution in [-0.2, 0) is 4.79 Å². The third-order valence-electron chi connectivity index (χ3n) is 4.99. The highest BCUT2D eigenvalue weighted by Gasteiger charge is 2.47. The van der Waals surface area contributed by atoms with Crippen LogP contribution < -0.4 is 10.5 Å². The first-order valence-corrected chi connectivity index (χ1v) is 8.47. The number of hydrogen-bond acceptors (Lipinski definition) is 4. The molecule has 1 saturated carbocycles. The van der Waals surface area contributed by atoms with Gasteiger partial charge in [0.05, 0.1) is 0 Å². The van der Waals surface area contributed by atoms with E-state index in [0.717, 1.165) is 6.42 Å². The second-order valence-electron chi connectivity index (χ2n) is 6.56. The quantitative estimate of drug-likeness (QED) is 0.914. The van der Waals surface area contributed by atoms with Gasteiger partial charge >= 0.3 is 0 Å². The summed E-state index contributed by atoms with van der Waals surface area (Å²) in [4.78, 5) is 27.6. The fraction of sp³-hybridized carbons (Fsp3) is 0.389. The molecule has 1 aromatic carbocycles. The van der Waals surface area contributed by atoms with Gasteiger partial charge in [-0.25, -0.2) is 9.49 Å². The minimum Gasteiger partial charge on any atom is -0.352 e. The van der Waals surface area contributed by atoms with Crippen LogP contribution in [-0.4, -0.2) is 47.2 Å². The van der Waals surface area contributed by atoms with Crippen LogP contribution in [0.25, 0.3) is 0 Å². The van der Waals surface area contributed by atoms with Gasteiger partial charge in [0.15, 0.2) is 0 Å². The summed E-state index contributed by atoms with van der Waals surface area (Å²) in [6.45, 7) is 2.56. The molecular weight excluding hydrogens is 323 g/mol. The van der Waals surface area contributed by atoms with Gasteiger partial charge in [-0.15, -0.1) is 0 Å². The van der Waals surface area contributed by atoms with E-state index in [1.165, 1.54) is 12.1 Å². The molecule has 2 atom stereocenters. The minimum atomic E-state index is -0.231. The summed E-state index contributed by atoms with van der Waals surface area (Å²) in [5, 5.41) is 6.45. The monoisotopic (exact) mass is 342 g/mol. The molecule has 0 radical (unpaired) electrons. The minimum absolute atomic E-state index is 0.00703. The predicted octanol–water partition coefficient (Wildman–Crippen LogP) is 1.36. The van der Waals surface area contributed by atoms with Gasteiger partial charge in [-0.1, -0.05) is 18.2 Å². The highest BCUT2D eigenvalue weighted by atomic mass is 19.1. The van der Waals surface area contributed by atoms with Crippen LogP contribution >= 0.6 is 0 Å². The first-order valence-electron chi connectivity index (χ1n) is 8.47. The molecule has 1 aliphatic heterocycles. The Balaban J connectivity index is 1.35. The highest BCUT2D eigenvalue weighted by Crippen LogP contribution is 2.49. The SMILES string of the molecule is O=C(C1CC1c1ccccc1F)N1CCN(c2ccc(=O)[nH]n2)CC1. The molecule has 2 heterocycles. The number of amides is 1. The molecule has 2 aliphatic rings. The normalized spacial score (nSPS) is 22.8. The van der Waals surface area contributed by atoms with Crippen LogP contribution in [0.3, 0.4) is 0 Å². The fourth-order valence-corrected chi connectivity index (χ4v) is 3.49. The van der Waals surface area contributed by atoms with Gasteiger partial charge in [0.25, 0.3) is 5.56 Å². The van der Waals surface area contributed by atoms with Crippen molar-refractivity contribution >= 4 is 11.7 Å². The molecule has 2 aromatic rings. The molecule has 130 valence electrons. The van der Waals surface area contributed by atoms with Gasteiger partial charge in [0, 0.05) is 38.2 Å². The van der Waals surface area contributed by atoms with Gasteiger partial charge in [-0.05, 0) is 30.0 Å². The number of aromatic amines is 1. The van der Waals surface area contributed by atoms with E-state index in [0.29, 0.717) is 37.6 Å². The Morgan fingerprint density at radius 3 is 2.56 bits per heavy atom. The predicted molar refractivity (Wildman–Crippen MR) is 90.9 cm³/mol. The van der Waals surface area contributed by atoms with Crippen LogP contribution in [0, 0.1) is 11.7 Å². The van der Waals surface area contributed by atoms with Crippen LogP contribution in [0.4, 0.5) is 10.2 Å². The molecule has 0 bridgehead atoms. The molecule has 6 nitrogen and oxygen atoms in total. The van der Waals surface area contributed by atoms with Gasteiger partial charge < -0.3 is 9.80 Å². The number of H-pyrrole nitrogens is 1. The largest absolute Gasteiger partial charge is 0.352 e. The summed E-state index contributed by atoms with van der Waals surface area (Å²) >= 11 is 0. The number of anilines is 1. The lowest BCUT2D eigenvalue weighted by Crippen LogP contribution is -2.49. The average molecular weight is 342 g/mol. The molecule has 25 heavy (non-hydrogen) atoms. The third-order valence-corrected chi connectivity index (χ3v) is 4.99. The maximum absolute atomic E-state index is 13.9. The van der Waals surface area contributed by atoms with Crippen molar-refractivity contribution in [2.75, 3.05) is 31.1 Å². The lowest BCUT2D eigenvalue weighted by molar-refractivity contribution is -0.133. The Morgan fingerprint density at radius 2 is 1.88 bits per heavy atom. The van der Waals surface area contributed by atoms with E-state index in [-0.39, 0.29) is 29.1 Å². The zero-order chi connectivity index (χ0) is 17.4. The maximum Gasteiger partial charge on any atom is 0.264 e. The van der Waals surface area contributed by atoms with Crippen molar-refractivity contribution in [2.45, 2.75) is 12.3 Å². The first kappa shape index (κ1) is 15.8. The van der Waals surface area contributed by atoms with Crippen LogP contribution in [0.1, 0.15) is 17.9 Å². The summed E-state index contributed by atoms with van der Waals surface area (Å²) in [5.74, 6) is 0.503. The Labute approximate surface area is 144 Å². The Bertz CT molecular complexity index is 824. The number of nitrogens with zero attached hydrogens (tertiary/aromatic N) is 3. The molecule has 2 fully saturated rings. The number of carbonyl (C=O) groups excluding carboxylic acids is 1. The molecule has 1 aliphatic carbocycles. The second-order valence-corrected chi connectivity index (χ2v) is 6.56. The summed E-state index contributed by atoms with van der Waals surface area (Å²) in [6.07, 6.45) is 0.724. The summed E-state index contributed by atoms with van der Waals surface area (Å²) in [7, 11) is 0. The van der Waals surface area contributed by atoms with Crippen molar-refractivity contribution in [3.63, 3.8) is 0 Å². The Hall–Kier alpha value is -2.70. The lowest BCUT2D eigenvalue weighted by atomic mass is 10.1. The van der Waals surface area contributed by atoms with Gasteiger partial charge in [-0.3, -0.25) is 9.59 Å². The Kier molecular flexibility index (Phi) is 3.99. The zero-order valence-corrected chi connectivity index (χ0v) is 13.7. The number of rotatable bonds is 3. The summed E-state index contributed by atoms with van der Waals surface area (Å²) < 4.78 is 13.9. The molecule has 1 N–H and O–H groups in total. The highest BCUT2D eigenvalue weighted by molar-refractivity contribution is 5.83. The molecule has 2 unspecified atom stereocenters. The smallest absolute Gasteiger partial charge is 0.264 e. The number of piperazine rings is 1. The second kappa shape index (κ2) is 6.31. The van der Waals surface area contributed by atoms with Crippen molar-refractivity contribution in [3.8, 4) is 0 Å². The number of carbonyl (C=O) groups is 1. The van der Waals surface area contributed by atoms with E-state index in [4.69, 9.17) is 0 Å². The van der Waals surface area contributed by atoms with E-state index in [2.05, 4.69) is 10.2 Å². The standard InChI is InChI=1S/C18H19FN4O2/c19-15-4-2-1-3-12(15)13-11-14(13)18(25)23-9-7-22(8-10-23)16-5-6-17(24)21-20-16/h1-6,13-14H,7-11H2,(H,21,24). The van der Waals surface area contributed by atoms with E-state index < -0.39 is 0 Å². The van der Waals surface area contributed by atoms with Gasteiger partial charge in [0.1, 0.15) is 11.6 Å². The third kappa shape index (κ3) is 3.14. The van der Waals surface area contributed by atoms with Crippen molar-refractivity contribution in [2.24, 2.45) is 5.92 Å². The maximum atomic E-state index is 13.9. The van der Waals surface area contributed by atoms with E-state index in [1.54, 1.807) is 18.2 Å². The van der Waals surface area contributed by atoms with Crippen LogP contribution in [0.2, 0.25) is 0 Å². The molecule has 1 aromatic heterocycles. The van der Waals surface area contributed by atoms with Crippen LogP contribution in [0.15, 0.2) is 41.2 Å². The summed E-state index contributed by atoms with van der Waals surface area (Å²) in [5.41, 5.74) is 0.419. The van der Waals surface area contributed by atoms with E-state index >= 15 is 0 Å². The zero-order valence-electron chi connectivity index (χ0n) is 13.7. The van der Waals surface area contributed by atoms with Gasteiger partial charge in [-0.2, -0.15) is 5.10 Å². The van der Waals surface area contributed by atoms with Crippen LogP contribution in [0.5, 0.6) is 0 Å². The number of aromatic nitrogens is 2. The average Bonchev–Trinajstić information content (AvgIpc) is 3.43. The topological polar surface area (TPSA) is 69.3 Å². The van der Waals surface area contributed by atoms with Crippen molar-refractivity contribution < 1.29 is 9.18 Å². The molecule has 1 saturated heterocycles. The number of hydrogen-bond donors (Lipinski definition) is 1. The summed E-state index contributed by atoms with van der Waals surface area (Å²) in [6, 6.07) is 9.84. The number of halogens is 1. The molecule has 1 amide bonds. The lowest BCUT2D eigenvalue weighted by Gasteiger charge is -2.35. The molecular formula is C18H19FN4O2. The first-order chi connectivity index (χ1) is 12.1. The van der Waals surface area contributed by atoms with Crippen molar-refractivity contribution in [3.05, 3.63) is 58.1 Å².